The molecule has 1 aromatic rings. The maximum Gasteiger partial charge on any atom is 0.186 e. The lowest BCUT2D eigenvalue weighted by Gasteiger charge is -2.22. The average Bonchev–Trinajstić information content (AvgIpc) is 2.57. The van der Waals surface area contributed by atoms with Crippen molar-refractivity contribution in [1.82, 2.24) is 4.98 Å². The first-order valence-electron chi connectivity index (χ1n) is 4.75. The van der Waals surface area contributed by atoms with Crippen LogP contribution in [0.5, 0.6) is 0 Å². The number of anilines is 1. The number of nitrogens with zero attached hydrogens (tertiary/aromatic N) is 2. The second-order valence-corrected chi connectivity index (χ2v) is 4.44. The molecule has 0 aliphatic rings. The molecule has 1 atom stereocenters. The Hall–Kier alpha value is -0.900. The molecule has 0 amide bonds. The summed E-state index contributed by atoms with van der Waals surface area (Å²) in [7, 11) is 2.01. The molecular weight excluding hydrogens is 196 g/mol. The minimum Gasteiger partial charge on any atom is -0.348 e. The minimum atomic E-state index is 0.458. The smallest absolute Gasteiger partial charge is 0.186 e. The molecule has 0 fully saturated rings. The fraction of sp³-hybridized carbons (Fsp3) is 0.600. The normalized spacial score (nSPS) is 12.6. The van der Waals surface area contributed by atoms with E-state index < -0.39 is 0 Å². The molecule has 0 saturated heterocycles. The SMILES string of the molecule is CCC(C)N(C)c1nc(C)c(C=O)s1. The van der Waals surface area contributed by atoms with Crippen LogP contribution in [-0.2, 0) is 0 Å². The van der Waals surface area contributed by atoms with Crippen molar-refractivity contribution in [2.75, 3.05) is 11.9 Å². The van der Waals surface area contributed by atoms with Gasteiger partial charge in [-0.15, -0.1) is 0 Å². The highest BCUT2D eigenvalue weighted by molar-refractivity contribution is 7.17. The van der Waals surface area contributed by atoms with Crippen LogP contribution in [0, 0.1) is 6.92 Å². The standard InChI is InChI=1S/C10H16N2OS/c1-5-7(2)12(4)10-11-8(3)9(6-13)14-10/h6-7H,5H2,1-4H3. The van der Waals surface area contributed by atoms with Crippen LogP contribution in [0.25, 0.3) is 0 Å². The summed E-state index contributed by atoms with van der Waals surface area (Å²) in [6.07, 6.45) is 1.95. The summed E-state index contributed by atoms with van der Waals surface area (Å²) >= 11 is 1.46. The van der Waals surface area contributed by atoms with E-state index in [0.29, 0.717) is 6.04 Å². The molecule has 3 nitrogen and oxygen atoms in total. The lowest BCUT2D eigenvalue weighted by Crippen LogP contribution is -2.27. The van der Waals surface area contributed by atoms with Gasteiger partial charge < -0.3 is 4.90 Å². The van der Waals surface area contributed by atoms with Gasteiger partial charge in [0.2, 0.25) is 0 Å². The Labute approximate surface area is 88.8 Å². The summed E-state index contributed by atoms with van der Waals surface area (Å²) in [5.41, 5.74) is 0.829. The first-order chi connectivity index (χ1) is 6.60. The second-order valence-electron chi connectivity index (χ2n) is 3.43. The highest BCUT2D eigenvalue weighted by Gasteiger charge is 2.13. The molecular formula is C10H16N2OS. The van der Waals surface area contributed by atoms with Gasteiger partial charge in [-0.25, -0.2) is 4.98 Å². The Balaban J connectivity index is 2.90. The van der Waals surface area contributed by atoms with Gasteiger partial charge in [0.15, 0.2) is 11.4 Å². The lowest BCUT2D eigenvalue weighted by molar-refractivity contribution is 0.112. The zero-order valence-corrected chi connectivity index (χ0v) is 9.89. The fourth-order valence-electron chi connectivity index (χ4n) is 1.12. The molecule has 0 spiro atoms. The second kappa shape index (κ2) is 4.55. The third-order valence-corrected chi connectivity index (χ3v) is 3.66. The Bertz CT molecular complexity index is 322. The Kier molecular flexibility index (Phi) is 3.63. The van der Waals surface area contributed by atoms with E-state index >= 15 is 0 Å². The highest BCUT2D eigenvalue weighted by atomic mass is 32.1. The van der Waals surface area contributed by atoms with Gasteiger partial charge in [0.1, 0.15) is 0 Å². The molecule has 0 saturated carbocycles. The fourth-order valence-corrected chi connectivity index (χ4v) is 2.06. The topological polar surface area (TPSA) is 33.2 Å². The van der Waals surface area contributed by atoms with E-state index in [0.717, 1.165) is 28.4 Å². The van der Waals surface area contributed by atoms with E-state index in [9.17, 15) is 4.79 Å². The number of aryl methyl sites for hydroxylation is 1. The van der Waals surface area contributed by atoms with Crippen LogP contribution < -0.4 is 4.90 Å². The van der Waals surface area contributed by atoms with Crippen LogP contribution in [0.4, 0.5) is 5.13 Å². The Morgan fingerprint density at radius 2 is 2.29 bits per heavy atom. The molecule has 4 heteroatoms. The van der Waals surface area contributed by atoms with Crippen molar-refractivity contribution in [2.45, 2.75) is 33.2 Å². The predicted molar refractivity (Wildman–Crippen MR) is 60.4 cm³/mol. The Morgan fingerprint density at radius 3 is 2.71 bits per heavy atom. The molecule has 1 aromatic heterocycles. The maximum atomic E-state index is 10.7. The number of aromatic nitrogens is 1. The van der Waals surface area contributed by atoms with Crippen LogP contribution in [0.15, 0.2) is 0 Å². The number of carbonyl (C=O) groups is 1. The summed E-state index contributed by atoms with van der Waals surface area (Å²) in [5.74, 6) is 0. The van der Waals surface area contributed by atoms with E-state index in [1.807, 2.05) is 14.0 Å². The number of thiazole rings is 1. The van der Waals surface area contributed by atoms with Crippen molar-refractivity contribution in [3.05, 3.63) is 10.6 Å². The average molecular weight is 212 g/mol. The summed E-state index contributed by atoms with van der Waals surface area (Å²) in [4.78, 5) is 17.9. The Morgan fingerprint density at radius 1 is 1.64 bits per heavy atom. The molecule has 14 heavy (non-hydrogen) atoms. The van der Waals surface area contributed by atoms with Gasteiger partial charge >= 0.3 is 0 Å². The third kappa shape index (κ3) is 2.12. The molecule has 0 bridgehead atoms. The van der Waals surface area contributed by atoms with Gasteiger partial charge in [0, 0.05) is 13.1 Å². The molecule has 1 rings (SSSR count). The van der Waals surface area contributed by atoms with Gasteiger partial charge in [0.05, 0.1) is 10.6 Å². The largest absolute Gasteiger partial charge is 0.348 e. The number of hydrogen-bond donors (Lipinski definition) is 0. The van der Waals surface area contributed by atoms with Gasteiger partial charge in [-0.1, -0.05) is 18.3 Å². The third-order valence-electron chi connectivity index (χ3n) is 2.48. The molecule has 1 heterocycles. The molecule has 0 N–H and O–H groups in total. The molecule has 1 unspecified atom stereocenters. The molecule has 0 aliphatic heterocycles. The first kappa shape index (κ1) is 11.2. The minimum absolute atomic E-state index is 0.458. The summed E-state index contributed by atoms with van der Waals surface area (Å²) in [6, 6.07) is 0.458. The summed E-state index contributed by atoms with van der Waals surface area (Å²) < 4.78 is 0. The van der Waals surface area contributed by atoms with Crippen molar-refractivity contribution in [3.63, 3.8) is 0 Å². The number of aldehydes is 1. The van der Waals surface area contributed by atoms with E-state index in [4.69, 9.17) is 0 Å². The van der Waals surface area contributed by atoms with Crippen molar-refractivity contribution < 1.29 is 4.79 Å². The summed E-state index contributed by atoms with van der Waals surface area (Å²) in [6.45, 7) is 6.16. The van der Waals surface area contributed by atoms with Crippen molar-refractivity contribution in [2.24, 2.45) is 0 Å². The van der Waals surface area contributed by atoms with Gasteiger partial charge in [-0.3, -0.25) is 4.79 Å². The molecule has 78 valence electrons. The first-order valence-corrected chi connectivity index (χ1v) is 5.57. The zero-order valence-electron chi connectivity index (χ0n) is 9.07. The van der Waals surface area contributed by atoms with Crippen LogP contribution in [0.2, 0.25) is 0 Å². The van der Waals surface area contributed by atoms with E-state index in [2.05, 4.69) is 23.7 Å². The van der Waals surface area contributed by atoms with E-state index in [-0.39, 0.29) is 0 Å². The molecule has 0 aliphatic carbocycles. The highest BCUT2D eigenvalue weighted by Crippen LogP contribution is 2.25. The monoisotopic (exact) mass is 212 g/mol. The summed E-state index contributed by atoms with van der Waals surface area (Å²) in [5, 5.41) is 0.930. The van der Waals surface area contributed by atoms with Gasteiger partial charge in [-0.2, -0.15) is 0 Å². The zero-order chi connectivity index (χ0) is 10.7. The van der Waals surface area contributed by atoms with Crippen molar-refractivity contribution >= 4 is 22.8 Å². The van der Waals surface area contributed by atoms with Crippen molar-refractivity contribution in [1.29, 1.82) is 0 Å². The van der Waals surface area contributed by atoms with Gasteiger partial charge in [-0.05, 0) is 20.3 Å². The maximum absolute atomic E-state index is 10.7. The van der Waals surface area contributed by atoms with Crippen LogP contribution in [0.3, 0.4) is 0 Å². The van der Waals surface area contributed by atoms with Crippen LogP contribution in [0.1, 0.15) is 35.6 Å². The van der Waals surface area contributed by atoms with Crippen LogP contribution in [-0.4, -0.2) is 24.4 Å². The molecule has 0 aromatic carbocycles. The number of rotatable bonds is 4. The van der Waals surface area contributed by atoms with Crippen molar-refractivity contribution in [3.8, 4) is 0 Å². The van der Waals surface area contributed by atoms with Gasteiger partial charge in [0.25, 0.3) is 0 Å². The molecule has 0 radical (unpaired) electrons. The predicted octanol–water partition coefficient (Wildman–Crippen LogP) is 2.50. The number of hydrogen-bond acceptors (Lipinski definition) is 4. The van der Waals surface area contributed by atoms with E-state index in [1.54, 1.807) is 0 Å². The lowest BCUT2D eigenvalue weighted by atomic mass is 10.2. The van der Waals surface area contributed by atoms with E-state index in [1.165, 1.54) is 11.3 Å². The van der Waals surface area contributed by atoms with Crippen LogP contribution >= 0.6 is 11.3 Å². The number of carbonyl (C=O) groups excluding carboxylic acids is 1. The quantitative estimate of drug-likeness (QED) is 0.719.